The average molecular weight is 354 g/mol. The highest BCUT2D eigenvalue weighted by Gasteiger charge is 2.17. The summed E-state index contributed by atoms with van der Waals surface area (Å²) >= 11 is 5.52. The maximum absolute atomic E-state index is 5.54. The van der Waals surface area contributed by atoms with Crippen molar-refractivity contribution in [3.05, 3.63) is 50.1 Å². The minimum absolute atomic E-state index is 0.226. The van der Waals surface area contributed by atoms with E-state index >= 15 is 0 Å². The zero-order chi connectivity index (χ0) is 14.5. The minimum atomic E-state index is 0.226. The molecule has 0 aliphatic carbocycles. The molecule has 1 heterocycles. The van der Waals surface area contributed by atoms with Crippen LogP contribution >= 0.6 is 27.3 Å². The van der Waals surface area contributed by atoms with Crippen LogP contribution in [0.15, 0.2) is 34.8 Å². The maximum Gasteiger partial charge on any atom is 0.120 e. The second-order valence-corrected chi connectivity index (χ2v) is 6.73. The molecule has 108 valence electrons. The van der Waals surface area contributed by atoms with Crippen LogP contribution in [-0.4, -0.2) is 13.2 Å². The second kappa shape index (κ2) is 7.25. The summed E-state index contributed by atoms with van der Waals surface area (Å²) in [5, 5.41) is 3.56. The molecule has 0 bridgehead atoms. The van der Waals surface area contributed by atoms with Crippen molar-refractivity contribution >= 4 is 27.3 Å². The third-order valence-corrected chi connectivity index (χ3v) is 4.80. The molecule has 1 unspecified atom stereocenters. The van der Waals surface area contributed by atoms with Crippen molar-refractivity contribution in [2.45, 2.75) is 26.8 Å². The first kappa shape index (κ1) is 15.5. The van der Waals surface area contributed by atoms with E-state index in [4.69, 9.17) is 4.74 Å². The fraction of sp³-hybridized carbons (Fsp3) is 0.375. The summed E-state index contributed by atoms with van der Waals surface area (Å²) in [4.78, 5) is 2.68. The number of hydrogen-bond acceptors (Lipinski definition) is 3. The molecule has 0 saturated carbocycles. The first-order valence-corrected chi connectivity index (χ1v) is 8.48. The molecule has 0 radical (unpaired) electrons. The van der Waals surface area contributed by atoms with Gasteiger partial charge in [0.2, 0.25) is 0 Å². The van der Waals surface area contributed by atoms with Crippen LogP contribution in [0.5, 0.6) is 5.75 Å². The molecule has 2 rings (SSSR count). The van der Waals surface area contributed by atoms with Gasteiger partial charge in [-0.2, -0.15) is 0 Å². The van der Waals surface area contributed by atoms with Gasteiger partial charge >= 0.3 is 0 Å². The molecule has 1 aromatic heterocycles. The lowest BCUT2D eigenvalue weighted by molar-refractivity contribution is 0.340. The number of rotatable bonds is 6. The van der Waals surface area contributed by atoms with Gasteiger partial charge in [0.05, 0.1) is 12.6 Å². The highest BCUT2D eigenvalue weighted by molar-refractivity contribution is 9.10. The molecule has 1 aromatic carbocycles. The van der Waals surface area contributed by atoms with Crippen molar-refractivity contribution in [3.8, 4) is 5.75 Å². The number of thiophene rings is 1. The molecule has 1 atom stereocenters. The Hall–Kier alpha value is -0.840. The Labute approximate surface area is 133 Å². The molecule has 0 aliphatic heterocycles. The summed E-state index contributed by atoms with van der Waals surface area (Å²) in [6.45, 7) is 7.89. The highest BCUT2D eigenvalue weighted by atomic mass is 79.9. The predicted octanol–water partition coefficient (Wildman–Crippen LogP) is 4.92. The van der Waals surface area contributed by atoms with Crippen molar-refractivity contribution in [2.24, 2.45) is 0 Å². The average Bonchev–Trinajstić information content (AvgIpc) is 2.84. The SMILES string of the molecule is CCNC(c1ccc(C)s1)c1ccc(OCC)cc1Br. The number of nitrogens with one attached hydrogen (secondary N) is 1. The number of aryl methyl sites for hydroxylation is 1. The molecule has 2 nitrogen and oxygen atoms in total. The summed E-state index contributed by atoms with van der Waals surface area (Å²) in [5.74, 6) is 0.903. The quantitative estimate of drug-likeness (QED) is 0.795. The largest absolute Gasteiger partial charge is 0.494 e. The van der Waals surface area contributed by atoms with E-state index in [0.29, 0.717) is 6.61 Å². The number of benzene rings is 1. The summed E-state index contributed by atoms with van der Waals surface area (Å²) in [7, 11) is 0. The van der Waals surface area contributed by atoms with Gasteiger partial charge in [0.15, 0.2) is 0 Å². The van der Waals surface area contributed by atoms with Gasteiger partial charge in [0.1, 0.15) is 5.75 Å². The molecule has 0 saturated heterocycles. The van der Waals surface area contributed by atoms with Crippen LogP contribution < -0.4 is 10.1 Å². The normalized spacial score (nSPS) is 12.4. The molecule has 0 aliphatic rings. The van der Waals surface area contributed by atoms with Crippen LogP contribution in [0.2, 0.25) is 0 Å². The molecule has 1 N–H and O–H groups in total. The Kier molecular flexibility index (Phi) is 5.64. The lowest BCUT2D eigenvalue weighted by Gasteiger charge is -2.19. The summed E-state index contributed by atoms with van der Waals surface area (Å²) in [6, 6.07) is 10.8. The summed E-state index contributed by atoms with van der Waals surface area (Å²) in [6.07, 6.45) is 0. The van der Waals surface area contributed by atoms with E-state index in [9.17, 15) is 0 Å². The smallest absolute Gasteiger partial charge is 0.120 e. The zero-order valence-electron chi connectivity index (χ0n) is 12.1. The van der Waals surface area contributed by atoms with Gasteiger partial charge < -0.3 is 10.1 Å². The van der Waals surface area contributed by atoms with Crippen LogP contribution in [0.3, 0.4) is 0 Å². The van der Waals surface area contributed by atoms with E-state index in [0.717, 1.165) is 16.8 Å². The molecule has 0 amide bonds. The van der Waals surface area contributed by atoms with E-state index in [1.807, 2.05) is 30.4 Å². The molecule has 0 fully saturated rings. The van der Waals surface area contributed by atoms with Crippen LogP contribution in [0.25, 0.3) is 0 Å². The topological polar surface area (TPSA) is 21.3 Å². The lowest BCUT2D eigenvalue weighted by Crippen LogP contribution is -2.21. The molecular formula is C16H20BrNOS. The Balaban J connectivity index is 2.34. The first-order chi connectivity index (χ1) is 9.65. The summed E-state index contributed by atoms with van der Waals surface area (Å²) < 4.78 is 6.63. The Morgan fingerprint density at radius 1 is 1.25 bits per heavy atom. The number of hydrogen-bond donors (Lipinski definition) is 1. The van der Waals surface area contributed by atoms with Crippen molar-refractivity contribution in [3.63, 3.8) is 0 Å². The van der Waals surface area contributed by atoms with Crippen molar-refractivity contribution in [2.75, 3.05) is 13.2 Å². The lowest BCUT2D eigenvalue weighted by atomic mass is 10.1. The van der Waals surface area contributed by atoms with Crippen LogP contribution in [0, 0.1) is 6.92 Å². The van der Waals surface area contributed by atoms with Crippen molar-refractivity contribution in [1.29, 1.82) is 0 Å². The van der Waals surface area contributed by atoms with Gasteiger partial charge in [-0.3, -0.25) is 0 Å². The molecule has 20 heavy (non-hydrogen) atoms. The van der Waals surface area contributed by atoms with Gasteiger partial charge in [0, 0.05) is 14.2 Å². The van der Waals surface area contributed by atoms with Gasteiger partial charge in [0.25, 0.3) is 0 Å². The molecular weight excluding hydrogens is 334 g/mol. The Morgan fingerprint density at radius 3 is 2.60 bits per heavy atom. The third-order valence-electron chi connectivity index (χ3n) is 3.05. The third kappa shape index (κ3) is 3.62. The van der Waals surface area contributed by atoms with Crippen LogP contribution in [0.4, 0.5) is 0 Å². The Morgan fingerprint density at radius 2 is 2.05 bits per heavy atom. The van der Waals surface area contributed by atoms with Crippen LogP contribution in [0.1, 0.15) is 35.2 Å². The number of ether oxygens (including phenoxy) is 1. The molecule has 2 aromatic rings. The monoisotopic (exact) mass is 353 g/mol. The highest BCUT2D eigenvalue weighted by Crippen LogP contribution is 2.34. The second-order valence-electron chi connectivity index (χ2n) is 4.56. The van der Waals surface area contributed by atoms with Crippen molar-refractivity contribution in [1.82, 2.24) is 5.32 Å². The van der Waals surface area contributed by atoms with E-state index in [1.54, 1.807) is 0 Å². The summed E-state index contributed by atoms with van der Waals surface area (Å²) in [5.41, 5.74) is 1.25. The minimum Gasteiger partial charge on any atom is -0.494 e. The van der Waals surface area contributed by atoms with Gasteiger partial charge in [-0.15, -0.1) is 11.3 Å². The fourth-order valence-electron chi connectivity index (χ4n) is 2.17. The van der Waals surface area contributed by atoms with E-state index in [1.165, 1.54) is 15.3 Å². The Bertz CT molecular complexity index is 567. The van der Waals surface area contributed by atoms with Gasteiger partial charge in [-0.1, -0.05) is 28.9 Å². The molecule has 0 spiro atoms. The van der Waals surface area contributed by atoms with Crippen molar-refractivity contribution < 1.29 is 4.74 Å². The standard InChI is InChI=1S/C16H20BrNOS/c1-4-18-16(15-9-6-11(3)20-15)13-8-7-12(19-5-2)10-14(13)17/h6-10,16,18H,4-5H2,1-3H3. The first-order valence-electron chi connectivity index (χ1n) is 6.87. The predicted molar refractivity (Wildman–Crippen MR) is 89.9 cm³/mol. The van der Waals surface area contributed by atoms with Crippen LogP contribution in [-0.2, 0) is 0 Å². The van der Waals surface area contributed by atoms with E-state index in [2.05, 4.69) is 53.3 Å². The zero-order valence-corrected chi connectivity index (χ0v) is 14.5. The fourth-order valence-corrected chi connectivity index (χ4v) is 3.73. The number of halogens is 1. The van der Waals surface area contributed by atoms with Gasteiger partial charge in [-0.05, 0) is 50.2 Å². The molecule has 4 heteroatoms. The van der Waals surface area contributed by atoms with E-state index < -0.39 is 0 Å². The van der Waals surface area contributed by atoms with Gasteiger partial charge in [-0.25, -0.2) is 0 Å². The maximum atomic E-state index is 5.54. The van der Waals surface area contributed by atoms with E-state index in [-0.39, 0.29) is 6.04 Å².